The molecule has 0 atom stereocenters. The van der Waals surface area contributed by atoms with Crippen molar-refractivity contribution in [3.8, 4) is 0 Å². The highest BCUT2D eigenvalue weighted by molar-refractivity contribution is 5.97. The Morgan fingerprint density at radius 3 is 2.54 bits per heavy atom. The van der Waals surface area contributed by atoms with Crippen LogP contribution in [0.2, 0.25) is 0 Å². The second-order valence-corrected chi connectivity index (χ2v) is 8.35. The first-order chi connectivity index (χ1) is 13.3. The number of aromatic nitrogens is 2. The fourth-order valence-corrected chi connectivity index (χ4v) is 3.56. The van der Waals surface area contributed by atoms with E-state index in [1.165, 1.54) is 0 Å². The zero-order valence-corrected chi connectivity index (χ0v) is 17.3. The van der Waals surface area contributed by atoms with Gasteiger partial charge in [-0.3, -0.25) is 9.59 Å². The fraction of sp³-hybridized carbons (Fsp3) is 0.500. The number of hydrogen-bond donors (Lipinski definition) is 1. The van der Waals surface area contributed by atoms with E-state index < -0.39 is 0 Å². The van der Waals surface area contributed by atoms with E-state index in [9.17, 15) is 9.59 Å². The number of fused-ring (bicyclic) bond motifs is 1. The van der Waals surface area contributed by atoms with E-state index >= 15 is 0 Å². The summed E-state index contributed by atoms with van der Waals surface area (Å²) in [7, 11) is 0. The quantitative estimate of drug-likeness (QED) is 0.862. The third-order valence-electron chi connectivity index (χ3n) is 4.90. The predicted molar refractivity (Wildman–Crippen MR) is 109 cm³/mol. The summed E-state index contributed by atoms with van der Waals surface area (Å²) in [5.74, 6) is 0.0548. The van der Waals surface area contributed by atoms with Gasteiger partial charge in [0.2, 0.25) is 0 Å². The van der Waals surface area contributed by atoms with Crippen LogP contribution in [0.15, 0.2) is 30.3 Å². The highest BCUT2D eigenvalue weighted by atomic mass is 16.2. The van der Waals surface area contributed by atoms with Crippen LogP contribution in [0.3, 0.4) is 0 Å². The largest absolute Gasteiger partial charge is 0.346 e. The van der Waals surface area contributed by atoms with Crippen LogP contribution in [0.1, 0.15) is 72.9 Å². The van der Waals surface area contributed by atoms with Gasteiger partial charge in [0.05, 0.1) is 5.69 Å². The van der Waals surface area contributed by atoms with Crippen molar-refractivity contribution in [1.29, 1.82) is 0 Å². The van der Waals surface area contributed by atoms with Crippen LogP contribution >= 0.6 is 0 Å². The first-order valence-electron chi connectivity index (χ1n) is 10.0. The molecule has 0 aliphatic carbocycles. The molecule has 6 nitrogen and oxygen atoms in total. The van der Waals surface area contributed by atoms with E-state index in [1.807, 2.05) is 62.6 Å². The maximum absolute atomic E-state index is 13.3. The Bertz CT molecular complexity index is 849. The van der Waals surface area contributed by atoms with Crippen LogP contribution in [0.5, 0.6) is 0 Å². The molecule has 2 aromatic rings. The molecule has 0 spiro atoms. The van der Waals surface area contributed by atoms with Crippen LogP contribution in [-0.2, 0) is 19.5 Å². The molecule has 2 amide bonds. The topological polar surface area (TPSA) is 67.2 Å². The Balaban J connectivity index is 1.92. The minimum absolute atomic E-state index is 0.121. The summed E-state index contributed by atoms with van der Waals surface area (Å²) in [6.07, 6.45) is 2.78. The normalized spacial score (nSPS) is 13.7. The summed E-state index contributed by atoms with van der Waals surface area (Å²) in [4.78, 5) is 32.4. The number of amides is 2. The van der Waals surface area contributed by atoms with Gasteiger partial charge in [-0.2, -0.15) is 0 Å². The van der Waals surface area contributed by atoms with Gasteiger partial charge in [-0.1, -0.05) is 30.3 Å². The van der Waals surface area contributed by atoms with Crippen LogP contribution in [0.25, 0.3) is 0 Å². The lowest BCUT2D eigenvalue weighted by molar-refractivity contribution is 0.0734. The SMILES string of the molecule is CCN(Cc1ccccc1)C(=O)c1nc(C(=O)NC(C)(C)C)c2n1CCCC2. The summed E-state index contributed by atoms with van der Waals surface area (Å²) in [5, 5.41) is 2.98. The maximum Gasteiger partial charge on any atom is 0.290 e. The second-order valence-electron chi connectivity index (χ2n) is 8.35. The fourth-order valence-electron chi connectivity index (χ4n) is 3.56. The first-order valence-corrected chi connectivity index (χ1v) is 10.0. The number of nitrogens with zero attached hydrogens (tertiary/aromatic N) is 3. The number of carbonyl (C=O) groups excluding carboxylic acids is 2. The first kappa shape index (κ1) is 20.1. The van der Waals surface area contributed by atoms with Crippen LogP contribution in [0, 0.1) is 0 Å². The zero-order valence-electron chi connectivity index (χ0n) is 17.3. The molecule has 1 N–H and O–H groups in total. The molecule has 0 unspecified atom stereocenters. The van der Waals surface area contributed by atoms with Crippen molar-refractivity contribution in [2.75, 3.05) is 6.54 Å². The molecule has 28 heavy (non-hydrogen) atoms. The van der Waals surface area contributed by atoms with Crippen molar-refractivity contribution in [3.63, 3.8) is 0 Å². The molecule has 0 fully saturated rings. The van der Waals surface area contributed by atoms with Gasteiger partial charge < -0.3 is 14.8 Å². The number of imidazole rings is 1. The van der Waals surface area contributed by atoms with Crippen molar-refractivity contribution in [1.82, 2.24) is 19.8 Å². The molecule has 1 aromatic carbocycles. The smallest absolute Gasteiger partial charge is 0.290 e. The van der Waals surface area contributed by atoms with Crippen LogP contribution < -0.4 is 5.32 Å². The molecule has 2 heterocycles. The lowest BCUT2D eigenvalue weighted by atomic mass is 10.1. The van der Waals surface area contributed by atoms with Gasteiger partial charge in [0.15, 0.2) is 5.82 Å². The Morgan fingerprint density at radius 1 is 1.18 bits per heavy atom. The van der Waals surface area contributed by atoms with Gasteiger partial charge in [-0.05, 0) is 52.5 Å². The Hall–Kier alpha value is -2.63. The van der Waals surface area contributed by atoms with E-state index in [4.69, 9.17) is 0 Å². The van der Waals surface area contributed by atoms with Crippen molar-refractivity contribution in [2.24, 2.45) is 0 Å². The molecule has 0 radical (unpaired) electrons. The molecule has 3 rings (SSSR count). The molecule has 1 aliphatic heterocycles. The van der Waals surface area contributed by atoms with Gasteiger partial charge in [0.25, 0.3) is 11.8 Å². The van der Waals surface area contributed by atoms with E-state index in [1.54, 1.807) is 4.90 Å². The van der Waals surface area contributed by atoms with E-state index in [2.05, 4.69) is 10.3 Å². The maximum atomic E-state index is 13.3. The Labute approximate surface area is 166 Å². The highest BCUT2D eigenvalue weighted by Crippen LogP contribution is 2.23. The Kier molecular flexibility index (Phi) is 5.87. The van der Waals surface area contributed by atoms with Gasteiger partial charge in [-0.25, -0.2) is 4.98 Å². The minimum Gasteiger partial charge on any atom is -0.346 e. The third kappa shape index (κ3) is 4.43. The van der Waals surface area contributed by atoms with Gasteiger partial charge >= 0.3 is 0 Å². The molecular weight excluding hydrogens is 352 g/mol. The van der Waals surface area contributed by atoms with E-state index in [0.717, 1.165) is 37.1 Å². The molecule has 0 bridgehead atoms. The molecular formula is C22H30N4O2. The average Bonchev–Trinajstić information content (AvgIpc) is 3.05. The summed E-state index contributed by atoms with van der Waals surface area (Å²) < 4.78 is 1.96. The number of carbonyl (C=O) groups is 2. The van der Waals surface area contributed by atoms with E-state index in [0.29, 0.717) is 24.6 Å². The summed E-state index contributed by atoms with van der Waals surface area (Å²) in [6.45, 7) is 9.64. The van der Waals surface area contributed by atoms with Crippen LogP contribution in [-0.4, -0.2) is 38.3 Å². The lowest BCUT2D eigenvalue weighted by Crippen LogP contribution is -2.41. The number of rotatable bonds is 5. The minimum atomic E-state index is -0.352. The van der Waals surface area contributed by atoms with E-state index in [-0.39, 0.29) is 17.4 Å². The predicted octanol–water partition coefficient (Wildman–Crippen LogP) is 3.41. The number of nitrogens with one attached hydrogen (secondary N) is 1. The molecule has 0 saturated heterocycles. The van der Waals surface area contributed by atoms with Crippen molar-refractivity contribution < 1.29 is 9.59 Å². The zero-order chi connectivity index (χ0) is 20.3. The number of hydrogen-bond acceptors (Lipinski definition) is 3. The van der Waals surface area contributed by atoms with Crippen LogP contribution in [0.4, 0.5) is 0 Å². The van der Waals surface area contributed by atoms with Gasteiger partial charge in [0, 0.05) is 25.2 Å². The lowest BCUT2D eigenvalue weighted by Gasteiger charge is -2.23. The molecule has 1 aliphatic rings. The standard InChI is InChI=1S/C22H30N4O2/c1-5-25(15-16-11-7-6-8-12-16)21(28)19-23-18(20(27)24-22(2,3)4)17-13-9-10-14-26(17)19/h6-8,11-12H,5,9-10,13-15H2,1-4H3,(H,24,27). The average molecular weight is 383 g/mol. The highest BCUT2D eigenvalue weighted by Gasteiger charge is 2.30. The third-order valence-corrected chi connectivity index (χ3v) is 4.90. The summed E-state index contributed by atoms with van der Waals surface area (Å²) in [5.41, 5.74) is 2.00. The second kappa shape index (κ2) is 8.17. The monoisotopic (exact) mass is 382 g/mol. The number of benzene rings is 1. The van der Waals surface area contributed by atoms with Crippen molar-refractivity contribution in [2.45, 2.75) is 65.6 Å². The molecule has 6 heteroatoms. The summed E-state index contributed by atoms with van der Waals surface area (Å²) >= 11 is 0. The Morgan fingerprint density at radius 2 is 1.89 bits per heavy atom. The molecule has 1 aromatic heterocycles. The van der Waals surface area contributed by atoms with Crippen molar-refractivity contribution in [3.05, 3.63) is 53.1 Å². The van der Waals surface area contributed by atoms with Crippen molar-refractivity contribution >= 4 is 11.8 Å². The summed E-state index contributed by atoms with van der Waals surface area (Å²) in [6, 6.07) is 9.94. The molecule has 0 saturated carbocycles. The molecule has 150 valence electrons. The van der Waals surface area contributed by atoms with Gasteiger partial charge in [-0.15, -0.1) is 0 Å². The van der Waals surface area contributed by atoms with Gasteiger partial charge in [0.1, 0.15) is 5.69 Å².